The number of hydrogen-bond acceptors (Lipinski definition) is 4. The Morgan fingerprint density at radius 2 is 2.20 bits per heavy atom. The van der Waals surface area contributed by atoms with Crippen molar-refractivity contribution < 1.29 is 4.79 Å². The van der Waals surface area contributed by atoms with E-state index < -0.39 is 0 Å². The molecular weight excluding hydrogens is 294 g/mol. The largest absolute Gasteiger partial charge is 0.397 e. The summed E-state index contributed by atoms with van der Waals surface area (Å²) in [5.74, 6) is -0.157. The molecular formula is C14H16ClN3OS. The van der Waals surface area contributed by atoms with Gasteiger partial charge in [0.25, 0.3) is 5.91 Å². The highest BCUT2D eigenvalue weighted by Gasteiger charge is 2.15. The molecule has 2 rings (SSSR count). The van der Waals surface area contributed by atoms with Gasteiger partial charge in [-0.25, -0.2) is 0 Å². The predicted octanol–water partition coefficient (Wildman–Crippen LogP) is 2.98. The first-order valence-corrected chi connectivity index (χ1v) is 7.27. The standard InChI is InChI=1S/C14H16ClN3OS/c1-17-14(19)13-11(16)7-12(20-13)18(2)8-9-4-3-5-10(15)6-9/h3-7H,8,16H2,1-2H3,(H,17,19). The molecule has 0 spiro atoms. The Hall–Kier alpha value is -1.72. The predicted molar refractivity (Wildman–Crippen MR) is 85.7 cm³/mol. The molecule has 1 heterocycles. The molecule has 1 amide bonds. The van der Waals surface area contributed by atoms with Crippen LogP contribution in [-0.4, -0.2) is 20.0 Å². The Labute approximate surface area is 127 Å². The zero-order valence-electron chi connectivity index (χ0n) is 11.3. The van der Waals surface area contributed by atoms with Gasteiger partial charge >= 0.3 is 0 Å². The summed E-state index contributed by atoms with van der Waals surface area (Å²) in [5, 5.41) is 4.25. The van der Waals surface area contributed by atoms with Crippen LogP contribution in [-0.2, 0) is 6.54 Å². The van der Waals surface area contributed by atoms with E-state index in [1.165, 1.54) is 11.3 Å². The molecule has 3 N–H and O–H groups in total. The van der Waals surface area contributed by atoms with E-state index in [-0.39, 0.29) is 5.91 Å². The highest BCUT2D eigenvalue weighted by Crippen LogP contribution is 2.32. The second-order valence-corrected chi connectivity index (χ2v) is 5.90. The summed E-state index contributed by atoms with van der Waals surface area (Å²) in [5.41, 5.74) is 7.48. The lowest BCUT2D eigenvalue weighted by Crippen LogP contribution is -2.17. The second kappa shape index (κ2) is 6.15. The number of thiophene rings is 1. The van der Waals surface area contributed by atoms with E-state index in [2.05, 4.69) is 5.32 Å². The number of nitrogens with two attached hydrogens (primary N) is 1. The van der Waals surface area contributed by atoms with Crippen molar-refractivity contribution in [3.63, 3.8) is 0 Å². The molecule has 0 fully saturated rings. The maximum atomic E-state index is 11.7. The number of anilines is 2. The highest BCUT2D eigenvalue weighted by atomic mass is 35.5. The molecule has 0 aliphatic rings. The fourth-order valence-electron chi connectivity index (χ4n) is 1.86. The third-order valence-corrected chi connectivity index (χ3v) is 4.37. The van der Waals surface area contributed by atoms with E-state index in [1.54, 1.807) is 7.05 Å². The fourth-order valence-corrected chi connectivity index (χ4v) is 3.06. The number of nitrogens with zero attached hydrogens (tertiary/aromatic N) is 1. The maximum absolute atomic E-state index is 11.7. The van der Waals surface area contributed by atoms with Crippen LogP contribution < -0.4 is 16.0 Å². The summed E-state index contributed by atoms with van der Waals surface area (Å²) >= 11 is 7.35. The monoisotopic (exact) mass is 309 g/mol. The quantitative estimate of drug-likeness (QED) is 0.913. The number of carbonyl (C=O) groups excluding carboxylic acids is 1. The first-order chi connectivity index (χ1) is 9.51. The van der Waals surface area contributed by atoms with Crippen LogP contribution in [0.5, 0.6) is 0 Å². The van der Waals surface area contributed by atoms with Crippen LogP contribution in [0.4, 0.5) is 10.7 Å². The average Bonchev–Trinajstić information content (AvgIpc) is 2.80. The van der Waals surface area contributed by atoms with Crippen molar-refractivity contribution in [2.24, 2.45) is 0 Å². The topological polar surface area (TPSA) is 58.4 Å². The first kappa shape index (κ1) is 14.7. The Balaban J connectivity index is 2.17. The van der Waals surface area contributed by atoms with Crippen molar-refractivity contribution in [2.45, 2.75) is 6.54 Å². The van der Waals surface area contributed by atoms with Crippen LogP contribution >= 0.6 is 22.9 Å². The number of hydrogen-bond donors (Lipinski definition) is 2. The summed E-state index contributed by atoms with van der Waals surface area (Å²) in [4.78, 5) is 14.2. The Morgan fingerprint density at radius 3 is 2.85 bits per heavy atom. The van der Waals surface area contributed by atoms with Gasteiger partial charge in [0.05, 0.1) is 10.7 Å². The van der Waals surface area contributed by atoms with Crippen LogP contribution in [0.1, 0.15) is 15.2 Å². The molecule has 0 aliphatic heterocycles. The molecule has 0 saturated carbocycles. The lowest BCUT2D eigenvalue weighted by Gasteiger charge is -2.17. The van der Waals surface area contributed by atoms with E-state index in [0.29, 0.717) is 22.1 Å². The zero-order valence-corrected chi connectivity index (χ0v) is 12.9. The fraction of sp³-hybridized carbons (Fsp3) is 0.214. The zero-order chi connectivity index (χ0) is 14.7. The van der Waals surface area contributed by atoms with Crippen molar-refractivity contribution in [3.05, 3.63) is 45.8 Å². The minimum Gasteiger partial charge on any atom is -0.397 e. The van der Waals surface area contributed by atoms with E-state index in [4.69, 9.17) is 17.3 Å². The molecule has 1 aromatic carbocycles. The lowest BCUT2D eigenvalue weighted by atomic mass is 10.2. The van der Waals surface area contributed by atoms with Gasteiger partial charge in [0.1, 0.15) is 4.88 Å². The average molecular weight is 310 g/mol. The summed E-state index contributed by atoms with van der Waals surface area (Å²) in [6.07, 6.45) is 0. The van der Waals surface area contributed by atoms with Crippen molar-refractivity contribution in [1.29, 1.82) is 0 Å². The third kappa shape index (κ3) is 3.23. The van der Waals surface area contributed by atoms with E-state index in [0.717, 1.165) is 10.6 Å². The van der Waals surface area contributed by atoms with Gasteiger partial charge in [-0.3, -0.25) is 4.79 Å². The summed E-state index contributed by atoms with van der Waals surface area (Å²) in [6, 6.07) is 9.52. The number of rotatable bonds is 4. The molecule has 106 valence electrons. The van der Waals surface area contributed by atoms with Crippen molar-refractivity contribution in [2.75, 3.05) is 24.7 Å². The van der Waals surface area contributed by atoms with Crippen LogP contribution in [0.3, 0.4) is 0 Å². The number of nitrogen functional groups attached to an aromatic ring is 1. The molecule has 0 radical (unpaired) electrons. The van der Waals surface area contributed by atoms with Gasteiger partial charge in [-0.15, -0.1) is 11.3 Å². The number of carbonyl (C=O) groups is 1. The van der Waals surface area contributed by atoms with Crippen LogP contribution in [0.2, 0.25) is 5.02 Å². The van der Waals surface area contributed by atoms with Crippen LogP contribution in [0, 0.1) is 0 Å². The SMILES string of the molecule is CNC(=O)c1sc(N(C)Cc2cccc(Cl)c2)cc1N. The van der Waals surface area contributed by atoms with Gasteiger partial charge in [-0.05, 0) is 23.8 Å². The Kier molecular flexibility index (Phi) is 4.52. The number of benzene rings is 1. The summed E-state index contributed by atoms with van der Waals surface area (Å²) in [6.45, 7) is 0.702. The van der Waals surface area contributed by atoms with E-state index in [9.17, 15) is 4.79 Å². The molecule has 0 atom stereocenters. The molecule has 4 nitrogen and oxygen atoms in total. The maximum Gasteiger partial charge on any atom is 0.263 e. The van der Waals surface area contributed by atoms with Crippen molar-refractivity contribution >= 4 is 39.5 Å². The lowest BCUT2D eigenvalue weighted by molar-refractivity contribution is 0.0968. The minimum atomic E-state index is -0.157. The molecule has 2 aromatic rings. The smallest absolute Gasteiger partial charge is 0.263 e. The highest BCUT2D eigenvalue weighted by molar-refractivity contribution is 7.18. The van der Waals surface area contributed by atoms with E-state index in [1.807, 2.05) is 42.3 Å². The molecule has 0 aliphatic carbocycles. The summed E-state index contributed by atoms with van der Waals surface area (Å²) < 4.78 is 0. The third-order valence-electron chi connectivity index (χ3n) is 2.87. The van der Waals surface area contributed by atoms with Crippen molar-refractivity contribution in [3.8, 4) is 0 Å². The molecule has 0 bridgehead atoms. The molecule has 0 saturated heterocycles. The molecule has 1 aromatic heterocycles. The van der Waals surface area contributed by atoms with Crippen molar-refractivity contribution in [1.82, 2.24) is 5.32 Å². The Bertz CT molecular complexity index is 627. The van der Waals surface area contributed by atoms with Gasteiger partial charge in [0.2, 0.25) is 0 Å². The van der Waals surface area contributed by atoms with Crippen LogP contribution in [0.15, 0.2) is 30.3 Å². The van der Waals surface area contributed by atoms with Gasteiger partial charge in [-0.1, -0.05) is 23.7 Å². The van der Waals surface area contributed by atoms with Gasteiger partial charge in [-0.2, -0.15) is 0 Å². The van der Waals surface area contributed by atoms with Crippen LogP contribution in [0.25, 0.3) is 0 Å². The van der Waals surface area contributed by atoms with Gasteiger partial charge in [0, 0.05) is 25.7 Å². The molecule has 0 unspecified atom stereocenters. The molecule has 20 heavy (non-hydrogen) atoms. The number of amides is 1. The Morgan fingerprint density at radius 1 is 1.45 bits per heavy atom. The number of nitrogens with one attached hydrogen (secondary N) is 1. The van der Waals surface area contributed by atoms with Gasteiger partial charge < -0.3 is 16.0 Å². The van der Waals surface area contributed by atoms with E-state index >= 15 is 0 Å². The number of halogens is 1. The molecule has 6 heteroatoms. The minimum absolute atomic E-state index is 0.157. The second-order valence-electron chi connectivity index (χ2n) is 4.43. The normalized spacial score (nSPS) is 10.3. The summed E-state index contributed by atoms with van der Waals surface area (Å²) in [7, 11) is 3.55. The first-order valence-electron chi connectivity index (χ1n) is 6.08. The van der Waals surface area contributed by atoms with Gasteiger partial charge in [0.15, 0.2) is 0 Å².